The van der Waals surface area contributed by atoms with E-state index in [2.05, 4.69) is 15.3 Å². The molecule has 0 aliphatic rings. The van der Waals surface area contributed by atoms with Crippen molar-refractivity contribution in [2.75, 3.05) is 18.5 Å². The summed E-state index contributed by atoms with van der Waals surface area (Å²) in [7, 11) is 0. The van der Waals surface area contributed by atoms with Crippen molar-refractivity contribution in [2.24, 2.45) is 0 Å². The van der Waals surface area contributed by atoms with Gasteiger partial charge in [-0.15, -0.1) is 0 Å². The van der Waals surface area contributed by atoms with Gasteiger partial charge in [0, 0.05) is 12.6 Å². The Kier molecular flexibility index (Phi) is 3.04. The van der Waals surface area contributed by atoms with Crippen molar-refractivity contribution in [3.63, 3.8) is 0 Å². The van der Waals surface area contributed by atoms with Crippen molar-refractivity contribution in [1.29, 1.82) is 0 Å². The van der Waals surface area contributed by atoms with Crippen molar-refractivity contribution in [3.8, 4) is 0 Å². The van der Waals surface area contributed by atoms with E-state index in [-0.39, 0.29) is 6.54 Å². The van der Waals surface area contributed by atoms with E-state index in [1.807, 2.05) is 0 Å². The van der Waals surface area contributed by atoms with E-state index in [1.54, 1.807) is 0 Å². The zero-order valence-corrected chi connectivity index (χ0v) is 6.48. The van der Waals surface area contributed by atoms with E-state index < -0.39 is 6.67 Å². The Morgan fingerprint density at radius 3 is 3.00 bits per heavy atom. The first kappa shape index (κ1) is 8.20. The van der Waals surface area contributed by atoms with E-state index in [1.165, 1.54) is 12.4 Å². The van der Waals surface area contributed by atoms with Crippen molar-refractivity contribution in [3.05, 3.63) is 17.5 Å². The number of rotatable bonds is 3. The average molecular weight is 176 g/mol. The van der Waals surface area contributed by atoms with Gasteiger partial charge >= 0.3 is 0 Å². The lowest BCUT2D eigenvalue weighted by Crippen LogP contribution is -2.04. The lowest BCUT2D eigenvalue weighted by molar-refractivity contribution is 0.512. The third kappa shape index (κ3) is 2.67. The number of nitrogens with one attached hydrogen (secondary N) is 1. The van der Waals surface area contributed by atoms with Gasteiger partial charge in [0.25, 0.3) is 0 Å². The molecule has 0 saturated heterocycles. The predicted molar refractivity (Wildman–Crippen MR) is 41.5 cm³/mol. The van der Waals surface area contributed by atoms with Gasteiger partial charge in [-0.3, -0.25) is 0 Å². The minimum absolute atomic E-state index is 0.243. The van der Waals surface area contributed by atoms with Crippen LogP contribution in [0.25, 0.3) is 0 Å². The molecule has 5 heteroatoms. The summed E-state index contributed by atoms with van der Waals surface area (Å²) in [6.45, 7) is -0.186. The number of aromatic nitrogens is 2. The van der Waals surface area contributed by atoms with Crippen molar-refractivity contribution >= 4 is 17.4 Å². The van der Waals surface area contributed by atoms with E-state index in [0.29, 0.717) is 11.0 Å². The second kappa shape index (κ2) is 4.08. The Morgan fingerprint density at radius 1 is 1.55 bits per heavy atom. The molecule has 0 unspecified atom stereocenters. The highest BCUT2D eigenvalue weighted by molar-refractivity contribution is 6.29. The molecule has 1 heterocycles. The fraction of sp³-hybridized carbons (Fsp3) is 0.333. The zero-order valence-electron chi connectivity index (χ0n) is 5.72. The van der Waals surface area contributed by atoms with Crippen LogP contribution in [-0.4, -0.2) is 23.2 Å². The van der Waals surface area contributed by atoms with Crippen molar-refractivity contribution in [1.82, 2.24) is 9.97 Å². The smallest absolute Gasteiger partial charge is 0.134 e. The first-order valence-corrected chi connectivity index (χ1v) is 3.48. The molecule has 0 aliphatic carbocycles. The molecule has 0 amide bonds. The second-order valence-electron chi connectivity index (χ2n) is 1.84. The molecule has 0 radical (unpaired) electrons. The van der Waals surface area contributed by atoms with Crippen LogP contribution in [0, 0.1) is 0 Å². The van der Waals surface area contributed by atoms with Crippen molar-refractivity contribution in [2.45, 2.75) is 0 Å². The largest absolute Gasteiger partial charge is 0.367 e. The van der Waals surface area contributed by atoms with E-state index in [0.717, 1.165) is 0 Å². The van der Waals surface area contributed by atoms with E-state index >= 15 is 0 Å². The first-order valence-electron chi connectivity index (χ1n) is 3.10. The second-order valence-corrected chi connectivity index (χ2v) is 2.23. The summed E-state index contributed by atoms with van der Waals surface area (Å²) < 4.78 is 11.6. The monoisotopic (exact) mass is 175 g/mol. The third-order valence-corrected chi connectivity index (χ3v) is 1.24. The molecule has 0 aromatic carbocycles. The van der Waals surface area contributed by atoms with Gasteiger partial charge in [-0.2, -0.15) is 0 Å². The molecule has 3 nitrogen and oxygen atoms in total. The molecule has 0 aliphatic heterocycles. The highest BCUT2D eigenvalue weighted by atomic mass is 35.5. The number of alkyl halides is 1. The predicted octanol–water partition coefficient (Wildman–Crippen LogP) is 1.51. The van der Waals surface area contributed by atoms with Crippen LogP contribution in [-0.2, 0) is 0 Å². The van der Waals surface area contributed by atoms with Gasteiger partial charge in [0.2, 0.25) is 0 Å². The zero-order chi connectivity index (χ0) is 8.10. The van der Waals surface area contributed by atoms with Crippen LogP contribution < -0.4 is 5.32 Å². The molecular formula is C6H7ClFN3. The third-order valence-electron chi connectivity index (χ3n) is 1.03. The van der Waals surface area contributed by atoms with Gasteiger partial charge in [-0.1, -0.05) is 11.6 Å². The lowest BCUT2D eigenvalue weighted by Gasteiger charge is -2.00. The van der Waals surface area contributed by atoms with Crippen LogP contribution in [0.1, 0.15) is 0 Å². The van der Waals surface area contributed by atoms with Crippen LogP contribution >= 0.6 is 11.6 Å². The van der Waals surface area contributed by atoms with Crippen LogP contribution in [0.4, 0.5) is 10.2 Å². The molecule has 0 spiro atoms. The van der Waals surface area contributed by atoms with Crippen molar-refractivity contribution < 1.29 is 4.39 Å². The summed E-state index contributed by atoms with van der Waals surface area (Å²) >= 11 is 5.54. The van der Waals surface area contributed by atoms with Gasteiger partial charge in [0.15, 0.2) is 0 Å². The Balaban J connectivity index is 2.56. The maximum Gasteiger partial charge on any atom is 0.134 e. The number of hydrogen-bond acceptors (Lipinski definition) is 3. The molecule has 0 atom stereocenters. The van der Waals surface area contributed by atoms with E-state index in [9.17, 15) is 4.39 Å². The summed E-state index contributed by atoms with van der Waals surface area (Å²) in [5.74, 6) is 0.544. The molecule has 60 valence electrons. The number of nitrogens with zero attached hydrogens (tertiary/aromatic N) is 2. The standard InChI is InChI=1S/C6H7ClFN3/c7-5-3-6(9-2-1-8)11-4-10-5/h3-4H,1-2H2,(H,9,10,11). The average Bonchev–Trinajstić information content (AvgIpc) is 2.01. The SMILES string of the molecule is FCCNc1cc(Cl)ncn1. The fourth-order valence-electron chi connectivity index (χ4n) is 0.606. The Hall–Kier alpha value is -0.900. The molecule has 1 N–H and O–H groups in total. The molecule has 1 aromatic heterocycles. The summed E-state index contributed by atoms with van der Waals surface area (Å²) in [5.41, 5.74) is 0. The number of anilines is 1. The van der Waals surface area contributed by atoms with Gasteiger partial charge < -0.3 is 5.32 Å². The molecule has 0 fully saturated rings. The van der Waals surface area contributed by atoms with Crippen LogP contribution in [0.3, 0.4) is 0 Å². The lowest BCUT2D eigenvalue weighted by atomic mass is 10.5. The topological polar surface area (TPSA) is 37.8 Å². The maximum absolute atomic E-state index is 11.6. The fourth-order valence-corrected chi connectivity index (χ4v) is 0.753. The highest BCUT2D eigenvalue weighted by Gasteiger charge is 1.93. The molecule has 0 saturated carbocycles. The number of halogens is 2. The summed E-state index contributed by atoms with van der Waals surface area (Å²) in [6.07, 6.45) is 1.32. The van der Waals surface area contributed by atoms with Gasteiger partial charge in [-0.25, -0.2) is 14.4 Å². The minimum Gasteiger partial charge on any atom is -0.367 e. The Bertz CT molecular complexity index is 231. The summed E-state index contributed by atoms with van der Waals surface area (Å²) in [5, 5.41) is 3.07. The molecule has 1 aromatic rings. The van der Waals surface area contributed by atoms with Crippen LogP contribution in [0.5, 0.6) is 0 Å². The Morgan fingerprint density at radius 2 is 2.36 bits per heavy atom. The van der Waals surface area contributed by atoms with Gasteiger partial charge in [-0.05, 0) is 0 Å². The van der Waals surface area contributed by atoms with Gasteiger partial charge in [0.1, 0.15) is 24.0 Å². The first-order chi connectivity index (χ1) is 5.33. The highest BCUT2D eigenvalue weighted by Crippen LogP contribution is 2.07. The van der Waals surface area contributed by atoms with E-state index in [4.69, 9.17) is 11.6 Å². The minimum atomic E-state index is -0.429. The van der Waals surface area contributed by atoms with Gasteiger partial charge in [0.05, 0.1) is 0 Å². The molecular weight excluding hydrogens is 169 g/mol. The normalized spacial score (nSPS) is 9.64. The Labute approximate surface area is 68.6 Å². The summed E-state index contributed by atoms with van der Waals surface area (Å²) in [6, 6.07) is 1.54. The van der Waals surface area contributed by atoms with Crippen LogP contribution in [0.15, 0.2) is 12.4 Å². The van der Waals surface area contributed by atoms with Crippen LogP contribution in [0.2, 0.25) is 5.15 Å². The molecule has 11 heavy (non-hydrogen) atoms. The maximum atomic E-state index is 11.6. The quantitative estimate of drug-likeness (QED) is 0.708. The molecule has 0 bridgehead atoms. The summed E-state index contributed by atoms with van der Waals surface area (Å²) in [4.78, 5) is 7.47. The molecule has 1 rings (SSSR count). The number of hydrogen-bond donors (Lipinski definition) is 1.